The monoisotopic (exact) mass is 325 g/mol. The van der Waals surface area contributed by atoms with Crippen molar-refractivity contribution in [3.05, 3.63) is 35.4 Å². The molecule has 1 spiro atoms. The molecule has 1 atom stereocenters. The molecule has 2 fully saturated rings. The van der Waals surface area contributed by atoms with Gasteiger partial charge in [-0.25, -0.2) is 0 Å². The average molecular weight is 325 g/mol. The van der Waals surface area contributed by atoms with Crippen LogP contribution in [0.3, 0.4) is 0 Å². The van der Waals surface area contributed by atoms with Gasteiger partial charge in [-0.1, -0.05) is 12.1 Å². The lowest BCUT2D eigenvalue weighted by molar-refractivity contribution is -0.138. The van der Waals surface area contributed by atoms with Gasteiger partial charge in [-0.3, -0.25) is 9.59 Å². The van der Waals surface area contributed by atoms with Crippen LogP contribution in [0.5, 0.6) is 0 Å². The topological polar surface area (TPSA) is 64.4 Å². The molecule has 0 saturated carbocycles. The van der Waals surface area contributed by atoms with Gasteiger partial charge in [0.15, 0.2) is 0 Å². The molecule has 2 saturated heterocycles. The first kappa shape index (κ1) is 16.5. The quantitative estimate of drug-likeness (QED) is 0.839. The van der Waals surface area contributed by atoms with E-state index in [4.69, 9.17) is 0 Å². The minimum absolute atomic E-state index is 0.0133. The smallest absolute Gasteiger partial charge is 0.255 e. The molecule has 0 N–H and O–H groups in total. The highest BCUT2D eigenvalue weighted by molar-refractivity contribution is 5.96. The van der Waals surface area contributed by atoms with Crippen LogP contribution < -0.4 is 0 Å². The maximum absolute atomic E-state index is 12.9. The number of nitrogens with zero attached hydrogens (tertiary/aromatic N) is 3. The van der Waals surface area contributed by atoms with Crippen molar-refractivity contribution in [1.29, 1.82) is 5.26 Å². The molecular weight excluding hydrogens is 302 g/mol. The number of amides is 2. The van der Waals surface area contributed by atoms with E-state index in [1.165, 1.54) is 0 Å². The van der Waals surface area contributed by atoms with Crippen LogP contribution >= 0.6 is 0 Å². The maximum Gasteiger partial charge on any atom is 0.255 e. The van der Waals surface area contributed by atoms with Crippen LogP contribution in [0.25, 0.3) is 0 Å². The van der Waals surface area contributed by atoms with Gasteiger partial charge in [0.2, 0.25) is 5.91 Å². The van der Waals surface area contributed by atoms with Gasteiger partial charge in [-0.15, -0.1) is 0 Å². The van der Waals surface area contributed by atoms with E-state index in [1.54, 1.807) is 24.3 Å². The highest BCUT2D eigenvalue weighted by atomic mass is 16.2. The molecule has 1 aromatic rings. The molecule has 0 radical (unpaired) electrons. The fourth-order valence-corrected chi connectivity index (χ4v) is 4.04. The third kappa shape index (κ3) is 3.01. The summed E-state index contributed by atoms with van der Waals surface area (Å²) in [5.74, 6) is 0.160. The number of carbonyl (C=O) groups is 2. The first-order chi connectivity index (χ1) is 11.6. The van der Waals surface area contributed by atoms with Crippen molar-refractivity contribution in [3.8, 4) is 6.07 Å². The van der Waals surface area contributed by atoms with E-state index >= 15 is 0 Å². The first-order valence-corrected chi connectivity index (χ1v) is 8.65. The summed E-state index contributed by atoms with van der Waals surface area (Å²) in [6, 6.07) is 9.10. The summed E-state index contributed by atoms with van der Waals surface area (Å²) in [4.78, 5) is 28.7. The van der Waals surface area contributed by atoms with Crippen molar-refractivity contribution in [3.63, 3.8) is 0 Å². The van der Waals surface area contributed by atoms with Gasteiger partial charge in [0, 0.05) is 38.0 Å². The minimum Gasteiger partial charge on any atom is -0.342 e. The molecule has 0 aromatic heterocycles. The number of likely N-dealkylation sites (tertiary alicyclic amines) is 2. The Morgan fingerprint density at radius 1 is 1.29 bits per heavy atom. The lowest BCUT2D eigenvalue weighted by Gasteiger charge is -2.48. The highest BCUT2D eigenvalue weighted by Gasteiger charge is 2.42. The Hall–Kier alpha value is -2.35. The van der Waals surface area contributed by atoms with E-state index < -0.39 is 0 Å². The molecule has 5 nitrogen and oxygen atoms in total. The average Bonchev–Trinajstić information content (AvgIpc) is 2.63. The van der Waals surface area contributed by atoms with Crippen LogP contribution in [0.15, 0.2) is 24.3 Å². The van der Waals surface area contributed by atoms with Crippen molar-refractivity contribution < 1.29 is 9.59 Å². The predicted octanol–water partition coefficient (Wildman–Crippen LogP) is 2.42. The lowest BCUT2D eigenvalue weighted by Crippen LogP contribution is -2.55. The molecular formula is C19H23N3O2. The second kappa shape index (κ2) is 6.64. The lowest BCUT2D eigenvalue weighted by atomic mass is 9.73. The van der Waals surface area contributed by atoms with Gasteiger partial charge in [0.1, 0.15) is 0 Å². The number of rotatable bonds is 2. The van der Waals surface area contributed by atoms with Crippen LogP contribution in [0, 0.1) is 16.7 Å². The second-order valence-corrected chi connectivity index (χ2v) is 6.90. The molecule has 0 unspecified atom stereocenters. The van der Waals surface area contributed by atoms with E-state index in [1.807, 2.05) is 16.7 Å². The second-order valence-electron chi connectivity index (χ2n) is 6.90. The summed E-state index contributed by atoms with van der Waals surface area (Å²) < 4.78 is 0. The summed E-state index contributed by atoms with van der Waals surface area (Å²) >= 11 is 0. The zero-order valence-corrected chi connectivity index (χ0v) is 14.1. The van der Waals surface area contributed by atoms with E-state index in [0.717, 1.165) is 38.9 Å². The number of piperidine rings is 2. The largest absolute Gasteiger partial charge is 0.342 e. The first-order valence-electron chi connectivity index (χ1n) is 8.65. The molecule has 5 heteroatoms. The Kier molecular flexibility index (Phi) is 4.57. The molecule has 0 bridgehead atoms. The molecule has 126 valence electrons. The molecule has 24 heavy (non-hydrogen) atoms. The zero-order chi connectivity index (χ0) is 17.2. The van der Waals surface area contributed by atoms with Crippen molar-refractivity contribution in [2.45, 2.75) is 32.6 Å². The number of carbonyl (C=O) groups excluding carboxylic acids is 2. The van der Waals surface area contributed by atoms with Gasteiger partial charge in [0.05, 0.1) is 17.2 Å². The summed E-state index contributed by atoms with van der Waals surface area (Å²) in [6.07, 6.45) is 3.43. The number of nitriles is 1. The summed E-state index contributed by atoms with van der Waals surface area (Å²) in [7, 11) is 0. The van der Waals surface area contributed by atoms with Crippen LogP contribution in [-0.4, -0.2) is 47.8 Å². The SMILES string of the molecule is CCN1C[C@]2(CCCN(C(=O)c3ccccc3C#N)C2)CCC1=O. The highest BCUT2D eigenvalue weighted by Crippen LogP contribution is 2.39. The predicted molar refractivity (Wildman–Crippen MR) is 90.2 cm³/mol. The molecule has 2 heterocycles. The molecule has 0 aliphatic carbocycles. The third-order valence-corrected chi connectivity index (χ3v) is 5.36. The van der Waals surface area contributed by atoms with Gasteiger partial charge >= 0.3 is 0 Å². The molecule has 2 aliphatic heterocycles. The molecule has 2 aliphatic rings. The Morgan fingerprint density at radius 3 is 2.83 bits per heavy atom. The van der Waals surface area contributed by atoms with Crippen LogP contribution in [0.1, 0.15) is 48.5 Å². The number of benzene rings is 1. The molecule has 1 aromatic carbocycles. The normalized spacial score (nSPS) is 24.1. The Morgan fingerprint density at radius 2 is 2.08 bits per heavy atom. The fourth-order valence-electron chi connectivity index (χ4n) is 4.04. The van der Waals surface area contributed by atoms with Crippen LogP contribution in [0.2, 0.25) is 0 Å². The number of hydrogen-bond donors (Lipinski definition) is 0. The minimum atomic E-state index is -0.0637. The Balaban J connectivity index is 1.80. The zero-order valence-electron chi connectivity index (χ0n) is 14.1. The van der Waals surface area contributed by atoms with Crippen molar-refractivity contribution in [2.24, 2.45) is 5.41 Å². The van der Waals surface area contributed by atoms with Crippen molar-refractivity contribution in [2.75, 3.05) is 26.2 Å². The fraction of sp³-hybridized carbons (Fsp3) is 0.526. The van der Waals surface area contributed by atoms with E-state index in [0.29, 0.717) is 24.1 Å². The number of hydrogen-bond acceptors (Lipinski definition) is 3. The summed E-state index contributed by atoms with van der Waals surface area (Å²) in [6.45, 7) is 4.87. The molecule has 3 rings (SSSR count). The summed E-state index contributed by atoms with van der Waals surface area (Å²) in [5, 5.41) is 9.24. The standard InChI is InChI=1S/C19H23N3O2/c1-2-21-13-19(10-8-17(21)23)9-5-11-22(14-19)18(24)16-7-4-3-6-15(16)12-20/h3-4,6-7H,2,5,8-11,13-14H2,1H3/t19-/m0/s1. The van der Waals surface area contributed by atoms with Crippen LogP contribution in [0.4, 0.5) is 0 Å². The van der Waals surface area contributed by atoms with Gasteiger partial charge in [-0.2, -0.15) is 5.26 Å². The van der Waals surface area contributed by atoms with Gasteiger partial charge in [-0.05, 0) is 38.3 Å². The van der Waals surface area contributed by atoms with Crippen LogP contribution in [-0.2, 0) is 4.79 Å². The van der Waals surface area contributed by atoms with E-state index in [-0.39, 0.29) is 17.2 Å². The van der Waals surface area contributed by atoms with E-state index in [9.17, 15) is 14.9 Å². The summed E-state index contributed by atoms with van der Waals surface area (Å²) in [5.41, 5.74) is 0.923. The van der Waals surface area contributed by atoms with Gasteiger partial charge < -0.3 is 9.80 Å². The van der Waals surface area contributed by atoms with Gasteiger partial charge in [0.25, 0.3) is 5.91 Å². The third-order valence-electron chi connectivity index (χ3n) is 5.36. The van der Waals surface area contributed by atoms with E-state index in [2.05, 4.69) is 6.07 Å². The Labute approximate surface area is 142 Å². The maximum atomic E-state index is 12.9. The van der Waals surface area contributed by atoms with Crippen molar-refractivity contribution in [1.82, 2.24) is 9.80 Å². The van der Waals surface area contributed by atoms with Crippen molar-refractivity contribution >= 4 is 11.8 Å². The molecule has 2 amide bonds. The Bertz CT molecular complexity index is 694.